The predicted molar refractivity (Wildman–Crippen MR) is 92.6 cm³/mol. The zero-order valence-electron chi connectivity index (χ0n) is 12.0. The number of amides is 1. The maximum absolute atomic E-state index is 12.1. The summed E-state index contributed by atoms with van der Waals surface area (Å²) in [6, 6.07) is 7.66. The monoisotopic (exact) mass is 367 g/mol. The number of halogens is 1. The van der Waals surface area contributed by atoms with Crippen LogP contribution in [0, 0.1) is 6.92 Å². The van der Waals surface area contributed by atoms with Crippen LogP contribution in [0.1, 0.15) is 11.1 Å². The topological polar surface area (TPSA) is 58.4 Å². The van der Waals surface area contributed by atoms with Gasteiger partial charge in [-0.25, -0.2) is 0 Å². The minimum Gasteiger partial charge on any atom is -0.397 e. The molecule has 0 aliphatic heterocycles. The van der Waals surface area contributed by atoms with Crippen LogP contribution in [-0.2, 0) is 11.3 Å². The summed E-state index contributed by atoms with van der Waals surface area (Å²) in [5.41, 5.74) is 9.35. The third-order valence-electron chi connectivity index (χ3n) is 3.06. The molecule has 0 atom stereocenters. The molecule has 0 bridgehead atoms. The summed E-state index contributed by atoms with van der Waals surface area (Å²) >= 11 is 5.08. The molecule has 1 heterocycles. The highest BCUT2D eigenvalue weighted by molar-refractivity contribution is 9.11. The number of nitrogens with two attached hydrogens (primary N) is 1. The molecule has 112 valence electrons. The third kappa shape index (κ3) is 4.56. The van der Waals surface area contributed by atoms with Crippen LogP contribution in [0.2, 0.25) is 0 Å². The second kappa shape index (κ2) is 7.06. The van der Waals surface area contributed by atoms with Gasteiger partial charge in [0.25, 0.3) is 0 Å². The largest absolute Gasteiger partial charge is 0.397 e. The number of nitrogen functional groups attached to an aromatic ring is 1. The zero-order chi connectivity index (χ0) is 15.4. The van der Waals surface area contributed by atoms with E-state index in [0.29, 0.717) is 17.9 Å². The molecule has 0 radical (unpaired) electrons. The van der Waals surface area contributed by atoms with Crippen LogP contribution in [0.25, 0.3) is 0 Å². The number of nitrogens with zero attached hydrogens (tertiary/aromatic N) is 1. The fourth-order valence-corrected chi connectivity index (χ4v) is 3.28. The molecule has 1 amide bonds. The fourth-order valence-electron chi connectivity index (χ4n) is 2.08. The average molecular weight is 368 g/mol. The van der Waals surface area contributed by atoms with Crippen LogP contribution in [-0.4, -0.2) is 24.4 Å². The molecule has 3 N–H and O–H groups in total. The molecule has 1 aromatic heterocycles. The van der Waals surface area contributed by atoms with Crippen molar-refractivity contribution in [2.24, 2.45) is 0 Å². The van der Waals surface area contributed by atoms with Crippen LogP contribution < -0.4 is 11.1 Å². The van der Waals surface area contributed by atoms with E-state index in [1.165, 1.54) is 5.56 Å². The van der Waals surface area contributed by atoms with Crippen molar-refractivity contribution in [3.8, 4) is 0 Å². The van der Waals surface area contributed by atoms with E-state index in [1.54, 1.807) is 17.4 Å². The summed E-state index contributed by atoms with van der Waals surface area (Å²) in [6.45, 7) is 2.98. The number of likely N-dealkylation sites (N-methyl/N-ethyl adjacent to an activating group) is 1. The minimum atomic E-state index is -0.0622. The Balaban J connectivity index is 1.92. The second-order valence-corrected chi connectivity index (χ2v) is 7.31. The quantitative estimate of drug-likeness (QED) is 0.795. The molecule has 0 spiro atoms. The molecular formula is C15H18BrN3OS. The average Bonchev–Trinajstić information content (AvgIpc) is 2.79. The third-order valence-corrected chi connectivity index (χ3v) is 4.61. The number of benzene rings is 1. The Morgan fingerprint density at radius 1 is 1.48 bits per heavy atom. The summed E-state index contributed by atoms with van der Waals surface area (Å²) < 4.78 is 1.10. The van der Waals surface area contributed by atoms with Gasteiger partial charge in [-0.15, -0.1) is 11.3 Å². The number of thiophene rings is 1. The Kier molecular flexibility index (Phi) is 5.39. The first-order chi connectivity index (χ1) is 9.95. The van der Waals surface area contributed by atoms with Crippen LogP contribution in [0.5, 0.6) is 0 Å². The maximum atomic E-state index is 12.1. The lowest BCUT2D eigenvalue weighted by Crippen LogP contribution is -2.30. The minimum absolute atomic E-state index is 0.0622. The Hall–Kier alpha value is -1.37. The molecule has 4 nitrogen and oxygen atoms in total. The summed E-state index contributed by atoms with van der Waals surface area (Å²) in [5, 5.41) is 4.97. The van der Waals surface area contributed by atoms with Crippen molar-refractivity contribution in [2.75, 3.05) is 24.6 Å². The lowest BCUT2D eigenvalue weighted by molar-refractivity contribution is -0.117. The van der Waals surface area contributed by atoms with E-state index in [1.807, 2.05) is 31.0 Å². The number of nitrogens with one attached hydrogen (secondary N) is 1. The number of hydrogen-bond donors (Lipinski definition) is 2. The Labute approximate surface area is 137 Å². The molecule has 0 saturated heterocycles. The van der Waals surface area contributed by atoms with Crippen LogP contribution in [0.15, 0.2) is 33.4 Å². The van der Waals surface area contributed by atoms with Gasteiger partial charge in [-0.1, -0.05) is 12.1 Å². The number of hydrogen-bond acceptors (Lipinski definition) is 4. The molecule has 0 aliphatic carbocycles. The van der Waals surface area contributed by atoms with Crippen LogP contribution in [0.3, 0.4) is 0 Å². The van der Waals surface area contributed by atoms with E-state index in [9.17, 15) is 4.79 Å². The van der Waals surface area contributed by atoms with Gasteiger partial charge >= 0.3 is 0 Å². The van der Waals surface area contributed by atoms with Crippen molar-refractivity contribution in [3.63, 3.8) is 0 Å². The molecule has 21 heavy (non-hydrogen) atoms. The lowest BCUT2D eigenvalue weighted by Gasteiger charge is -2.17. The van der Waals surface area contributed by atoms with E-state index in [4.69, 9.17) is 5.73 Å². The van der Waals surface area contributed by atoms with E-state index in [0.717, 1.165) is 15.9 Å². The van der Waals surface area contributed by atoms with Gasteiger partial charge in [-0.2, -0.15) is 0 Å². The molecule has 6 heteroatoms. The highest BCUT2D eigenvalue weighted by Gasteiger charge is 2.11. The van der Waals surface area contributed by atoms with E-state index < -0.39 is 0 Å². The van der Waals surface area contributed by atoms with Crippen LogP contribution in [0.4, 0.5) is 11.4 Å². The lowest BCUT2D eigenvalue weighted by atomic mass is 10.1. The Morgan fingerprint density at radius 3 is 2.86 bits per heavy atom. The molecule has 2 aromatic rings. The number of carbonyl (C=O) groups is 1. The standard InChI is InChI=1S/C15H18BrN3OS/c1-10-4-3-5-12(17)15(10)18-14(20)8-19(2)7-11-6-13(16)21-9-11/h3-6,9H,7-8,17H2,1-2H3,(H,18,20). The Bertz CT molecular complexity index is 621. The molecule has 0 fully saturated rings. The van der Waals surface area contributed by atoms with Crippen molar-refractivity contribution in [3.05, 3.63) is 44.6 Å². The van der Waals surface area contributed by atoms with Gasteiger partial charge in [0.2, 0.25) is 5.91 Å². The summed E-state index contributed by atoms with van der Waals surface area (Å²) in [7, 11) is 1.92. The SMILES string of the molecule is Cc1cccc(N)c1NC(=O)CN(C)Cc1csc(Br)c1. The fraction of sp³-hybridized carbons (Fsp3) is 0.267. The first kappa shape index (κ1) is 16.0. The highest BCUT2D eigenvalue weighted by Crippen LogP contribution is 2.23. The van der Waals surface area contributed by atoms with Gasteiger partial charge in [-0.05, 0) is 58.5 Å². The van der Waals surface area contributed by atoms with E-state index >= 15 is 0 Å². The molecule has 1 aromatic carbocycles. The van der Waals surface area contributed by atoms with Crippen molar-refractivity contribution >= 4 is 44.5 Å². The van der Waals surface area contributed by atoms with Crippen molar-refractivity contribution in [1.29, 1.82) is 0 Å². The summed E-state index contributed by atoms with van der Waals surface area (Å²) in [4.78, 5) is 14.1. The second-order valence-electron chi connectivity index (χ2n) is 5.02. The van der Waals surface area contributed by atoms with Gasteiger partial charge in [0, 0.05) is 6.54 Å². The maximum Gasteiger partial charge on any atom is 0.238 e. The van der Waals surface area contributed by atoms with E-state index in [-0.39, 0.29) is 5.91 Å². The van der Waals surface area contributed by atoms with Crippen molar-refractivity contribution in [2.45, 2.75) is 13.5 Å². The predicted octanol–water partition coefficient (Wildman–Crippen LogP) is 3.47. The van der Waals surface area contributed by atoms with Gasteiger partial charge in [0.05, 0.1) is 21.7 Å². The van der Waals surface area contributed by atoms with Crippen LogP contribution >= 0.6 is 27.3 Å². The van der Waals surface area contributed by atoms with Gasteiger partial charge in [0.15, 0.2) is 0 Å². The van der Waals surface area contributed by atoms with E-state index in [2.05, 4.69) is 32.7 Å². The number of para-hydroxylation sites is 1. The number of anilines is 2. The first-order valence-electron chi connectivity index (χ1n) is 6.52. The number of rotatable bonds is 5. The molecule has 0 aliphatic rings. The van der Waals surface area contributed by atoms with Crippen molar-refractivity contribution in [1.82, 2.24) is 4.90 Å². The summed E-state index contributed by atoms with van der Waals surface area (Å²) in [5.74, 6) is -0.0622. The number of aryl methyl sites for hydroxylation is 1. The smallest absolute Gasteiger partial charge is 0.238 e. The molecule has 2 rings (SSSR count). The van der Waals surface area contributed by atoms with Gasteiger partial charge in [-0.3, -0.25) is 9.69 Å². The van der Waals surface area contributed by atoms with Gasteiger partial charge < -0.3 is 11.1 Å². The molecule has 0 unspecified atom stereocenters. The molecular weight excluding hydrogens is 350 g/mol. The molecule has 0 saturated carbocycles. The summed E-state index contributed by atoms with van der Waals surface area (Å²) in [6.07, 6.45) is 0. The highest BCUT2D eigenvalue weighted by atomic mass is 79.9. The zero-order valence-corrected chi connectivity index (χ0v) is 14.4. The number of carbonyl (C=O) groups excluding carboxylic acids is 1. The first-order valence-corrected chi connectivity index (χ1v) is 8.19. The van der Waals surface area contributed by atoms with Crippen molar-refractivity contribution < 1.29 is 4.79 Å². The normalized spacial score (nSPS) is 10.9. The van der Waals surface area contributed by atoms with Gasteiger partial charge in [0.1, 0.15) is 0 Å². The Morgan fingerprint density at radius 2 is 2.24 bits per heavy atom.